The van der Waals surface area contributed by atoms with E-state index in [4.69, 9.17) is 5.73 Å². The zero-order valence-corrected chi connectivity index (χ0v) is 11.7. The van der Waals surface area contributed by atoms with Crippen LogP contribution in [0.25, 0.3) is 0 Å². The topological polar surface area (TPSA) is 38.0 Å². The van der Waals surface area contributed by atoms with Crippen LogP contribution < -0.4 is 11.1 Å². The molecule has 2 nitrogen and oxygen atoms in total. The number of nitrogen functional groups attached to an aromatic ring is 1. The molecule has 19 heavy (non-hydrogen) atoms. The Morgan fingerprint density at radius 1 is 1.11 bits per heavy atom. The molecular weight excluding hydrogens is 314 g/mol. The van der Waals surface area contributed by atoms with Gasteiger partial charge in [-0.1, -0.05) is 12.1 Å². The summed E-state index contributed by atoms with van der Waals surface area (Å²) >= 11 is 3.11. The second-order valence-corrected chi connectivity index (χ2v) is 5.01. The van der Waals surface area contributed by atoms with Gasteiger partial charge in [0.2, 0.25) is 0 Å². The fraction of sp³-hybridized carbons (Fsp3) is 0.143. The number of anilines is 2. The first kappa shape index (κ1) is 13.8. The van der Waals surface area contributed by atoms with E-state index in [1.807, 2.05) is 0 Å². The molecule has 0 spiro atoms. The van der Waals surface area contributed by atoms with Gasteiger partial charge in [0, 0.05) is 12.6 Å². The van der Waals surface area contributed by atoms with E-state index in [2.05, 4.69) is 21.2 Å². The second kappa shape index (κ2) is 6.02. The fourth-order valence-corrected chi connectivity index (χ4v) is 2.05. The molecule has 0 saturated carbocycles. The van der Waals surface area contributed by atoms with Crippen molar-refractivity contribution in [2.75, 3.05) is 17.6 Å². The molecule has 0 radical (unpaired) electrons. The van der Waals surface area contributed by atoms with Crippen molar-refractivity contribution in [1.29, 1.82) is 0 Å². The van der Waals surface area contributed by atoms with E-state index in [1.54, 1.807) is 18.2 Å². The minimum atomic E-state index is -0.387. The predicted octanol–water partition coefficient (Wildman–Crippen LogP) is 3.96. The molecule has 0 saturated heterocycles. The zero-order valence-electron chi connectivity index (χ0n) is 10.1. The normalized spacial score (nSPS) is 10.5. The number of hydrogen-bond acceptors (Lipinski definition) is 2. The molecule has 0 aromatic heterocycles. The highest BCUT2D eigenvalue weighted by Gasteiger charge is 2.05. The smallest absolute Gasteiger partial charge is 0.139 e. The Morgan fingerprint density at radius 2 is 1.79 bits per heavy atom. The number of hydrogen-bond donors (Lipinski definition) is 2. The van der Waals surface area contributed by atoms with Crippen molar-refractivity contribution in [3.05, 3.63) is 58.1 Å². The molecule has 0 heterocycles. The van der Waals surface area contributed by atoms with Crippen LogP contribution in [0.3, 0.4) is 0 Å². The van der Waals surface area contributed by atoms with Crippen molar-refractivity contribution in [2.24, 2.45) is 0 Å². The average molecular weight is 327 g/mol. The lowest BCUT2D eigenvalue weighted by molar-refractivity contribution is 0.622. The summed E-state index contributed by atoms with van der Waals surface area (Å²) < 4.78 is 26.3. The lowest BCUT2D eigenvalue weighted by atomic mass is 10.1. The van der Waals surface area contributed by atoms with Crippen LogP contribution in [0.4, 0.5) is 20.2 Å². The van der Waals surface area contributed by atoms with Gasteiger partial charge in [-0.05, 0) is 46.1 Å². The van der Waals surface area contributed by atoms with Crippen molar-refractivity contribution in [1.82, 2.24) is 0 Å². The molecule has 0 amide bonds. The average Bonchev–Trinajstić information content (AvgIpc) is 2.38. The first-order valence-electron chi connectivity index (χ1n) is 5.79. The minimum absolute atomic E-state index is 0.247. The van der Waals surface area contributed by atoms with Gasteiger partial charge in [0.25, 0.3) is 0 Å². The quantitative estimate of drug-likeness (QED) is 0.834. The monoisotopic (exact) mass is 326 g/mol. The number of halogens is 3. The van der Waals surface area contributed by atoms with Gasteiger partial charge in [0.05, 0.1) is 15.8 Å². The largest absolute Gasteiger partial charge is 0.397 e. The highest BCUT2D eigenvalue weighted by molar-refractivity contribution is 9.10. The summed E-state index contributed by atoms with van der Waals surface area (Å²) in [6.07, 6.45) is 0.731. The van der Waals surface area contributed by atoms with Crippen LogP contribution in [0, 0.1) is 11.6 Å². The first-order chi connectivity index (χ1) is 9.06. The van der Waals surface area contributed by atoms with Gasteiger partial charge >= 0.3 is 0 Å². The summed E-state index contributed by atoms with van der Waals surface area (Å²) in [5, 5.41) is 3.13. The summed E-state index contributed by atoms with van der Waals surface area (Å²) in [6, 6.07) is 9.21. The highest BCUT2D eigenvalue weighted by atomic mass is 79.9. The number of rotatable bonds is 4. The van der Waals surface area contributed by atoms with E-state index in [1.165, 1.54) is 18.2 Å². The summed E-state index contributed by atoms with van der Waals surface area (Å²) in [4.78, 5) is 0. The maximum atomic E-state index is 13.2. The Hall–Kier alpha value is -1.62. The van der Waals surface area contributed by atoms with Crippen LogP contribution in [0.2, 0.25) is 0 Å². The van der Waals surface area contributed by atoms with Gasteiger partial charge in [-0.25, -0.2) is 8.78 Å². The third kappa shape index (κ3) is 3.67. The Balaban J connectivity index is 1.96. The molecule has 3 N–H and O–H groups in total. The van der Waals surface area contributed by atoms with Crippen LogP contribution in [-0.4, -0.2) is 6.54 Å². The minimum Gasteiger partial charge on any atom is -0.397 e. The molecule has 0 unspecified atom stereocenters. The maximum Gasteiger partial charge on any atom is 0.139 e. The summed E-state index contributed by atoms with van der Waals surface area (Å²) in [5.41, 5.74) is 7.78. The SMILES string of the molecule is Nc1cc(F)c(Br)cc1NCCc1ccc(F)cc1. The molecule has 2 aromatic rings. The third-order valence-electron chi connectivity index (χ3n) is 2.73. The molecule has 0 aliphatic heterocycles. The number of nitrogens with one attached hydrogen (secondary N) is 1. The fourth-order valence-electron chi connectivity index (χ4n) is 1.71. The summed E-state index contributed by atoms with van der Waals surface area (Å²) in [7, 11) is 0. The molecule has 0 aliphatic rings. The van der Waals surface area contributed by atoms with E-state index < -0.39 is 0 Å². The van der Waals surface area contributed by atoms with Crippen molar-refractivity contribution in [3.63, 3.8) is 0 Å². The lowest BCUT2D eigenvalue weighted by Gasteiger charge is -2.10. The number of nitrogens with two attached hydrogens (primary N) is 1. The Kier molecular flexibility index (Phi) is 4.37. The molecule has 5 heteroatoms. The molecule has 100 valence electrons. The van der Waals surface area contributed by atoms with Gasteiger partial charge in [0.1, 0.15) is 11.6 Å². The van der Waals surface area contributed by atoms with Gasteiger partial charge < -0.3 is 11.1 Å². The molecule has 0 bridgehead atoms. The molecule has 2 rings (SSSR count). The molecule has 0 atom stereocenters. The van der Waals surface area contributed by atoms with E-state index in [0.717, 1.165) is 12.0 Å². The van der Waals surface area contributed by atoms with Crippen molar-refractivity contribution in [2.45, 2.75) is 6.42 Å². The standard InChI is InChI=1S/C14H13BrF2N2/c15-11-7-14(13(18)8-12(11)17)19-6-5-9-1-3-10(16)4-2-9/h1-4,7-8,19H,5-6,18H2. The zero-order chi connectivity index (χ0) is 13.8. The maximum absolute atomic E-state index is 13.2. The summed E-state index contributed by atoms with van der Waals surface area (Å²) in [6.45, 7) is 0.633. The van der Waals surface area contributed by atoms with Crippen molar-refractivity contribution >= 4 is 27.3 Å². The molecule has 0 aliphatic carbocycles. The van der Waals surface area contributed by atoms with E-state index in [9.17, 15) is 8.78 Å². The van der Waals surface area contributed by atoms with E-state index in [0.29, 0.717) is 22.4 Å². The highest BCUT2D eigenvalue weighted by Crippen LogP contribution is 2.26. The van der Waals surface area contributed by atoms with Gasteiger partial charge in [-0.3, -0.25) is 0 Å². The predicted molar refractivity (Wildman–Crippen MR) is 77.1 cm³/mol. The number of benzene rings is 2. The van der Waals surface area contributed by atoms with Crippen LogP contribution in [0.5, 0.6) is 0 Å². The van der Waals surface area contributed by atoms with Crippen molar-refractivity contribution in [3.8, 4) is 0 Å². The Morgan fingerprint density at radius 3 is 2.47 bits per heavy atom. The van der Waals surface area contributed by atoms with Gasteiger partial charge in [0.15, 0.2) is 0 Å². The van der Waals surface area contributed by atoms with E-state index in [-0.39, 0.29) is 11.6 Å². The molecule has 0 fully saturated rings. The molecule has 2 aromatic carbocycles. The second-order valence-electron chi connectivity index (χ2n) is 4.16. The third-order valence-corrected chi connectivity index (χ3v) is 3.34. The Labute approximate surface area is 118 Å². The van der Waals surface area contributed by atoms with Crippen LogP contribution in [0.15, 0.2) is 40.9 Å². The van der Waals surface area contributed by atoms with Gasteiger partial charge in [-0.15, -0.1) is 0 Å². The van der Waals surface area contributed by atoms with Crippen molar-refractivity contribution < 1.29 is 8.78 Å². The van der Waals surface area contributed by atoms with Crippen LogP contribution >= 0.6 is 15.9 Å². The first-order valence-corrected chi connectivity index (χ1v) is 6.58. The van der Waals surface area contributed by atoms with Gasteiger partial charge in [-0.2, -0.15) is 0 Å². The van der Waals surface area contributed by atoms with Crippen LogP contribution in [0.1, 0.15) is 5.56 Å². The van der Waals surface area contributed by atoms with Crippen LogP contribution in [-0.2, 0) is 6.42 Å². The summed E-state index contributed by atoms with van der Waals surface area (Å²) in [5.74, 6) is -0.634. The Bertz CT molecular complexity index is 570. The van der Waals surface area contributed by atoms with E-state index >= 15 is 0 Å². The lowest BCUT2D eigenvalue weighted by Crippen LogP contribution is -2.07. The molecular formula is C14H13BrF2N2.